The highest BCUT2D eigenvalue weighted by Gasteiger charge is 2.38. The van der Waals surface area contributed by atoms with Gasteiger partial charge in [-0.3, -0.25) is 9.69 Å². The van der Waals surface area contributed by atoms with E-state index in [0.717, 1.165) is 30.6 Å². The lowest BCUT2D eigenvalue weighted by atomic mass is 9.91. The number of ether oxygens (including phenoxy) is 3. The van der Waals surface area contributed by atoms with Gasteiger partial charge in [0.25, 0.3) is 5.91 Å². The summed E-state index contributed by atoms with van der Waals surface area (Å²) in [6.45, 7) is 8.25. The molecular formula is C30H38N2O4. The lowest BCUT2D eigenvalue weighted by molar-refractivity contribution is -0.0439. The lowest BCUT2D eigenvalue weighted by Crippen LogP contribution is -2.49. The molecule has 2 aliphatic heterocycles. The standard InChI is InChI=1S/C30H38N2O4/c1-21(16-22-10-6-5-7-11-22)19-31(20-25-14-9-15-32(25)24-12-8-13-24)29(33)23-17-26(34-4)28-27(18-23)35-30(2,3)36-28/h5-7,10-11,16-18,24-25H,8-9,12-15,19-20H2,1-4H3/t25-/m0/s1. The van der Waals surface area contributed by atoms with Crippen LogP contribution in [0.1, 0.15) is 68.8 Å². The van der Waals surface area contributed by atoms with E-state index in [4.69, 9.17) is 14.2 Å². The lowest BCUT2D eigenvalue weighted by Gasteiger charge is -2.40. The van der Waals surface area contributed by atoms with Crippen LogP contribution in [0.4, 0.5) is 0 Å². The van der Waals surface area contributed by atoms with Crippen molar-refractivity contribution in [2.24, 2.45) is 0 Å². The van der Waals surface area contributed by atoms with Crippen molar-refractivity contribution in [2.45, 2.75) is 70.7 Å². The molecule has 0 radical (unpaired) electrons. The summed E-state index contributed by atoms with van der Waals surface area (Å²) in [6.07, 6.45) is 8.40. The zero-order valence-electron chi connectivity index (χ0n) is 22.0. The number of rotatable bonds is 8. The molecule has 5 rings (SSSR count). The molecule has 2 fully saturated rings. The molecule has 1 saturated heterocycles. The Morgan fingerprint density at radius 1 is 1.14 bits per heavy atom. The average molecular weight is 491 g/mol. The van der Waals surface area contributed by atoms with Crippen LogP contribution < -0.4 is 14.2 Å². The van der Waals surface area contributed by atoms with Crippen LogP contribution in [-0.4, -0.2) is 60.3 Å². The Kier molecular flexibility index (Phi) is 6.98. The third kappa shape index (κ3) is 5.24. The molecule has 6 nitrogen and oxygen atoms in total. The van der Waals surface area contributed by atoms with E-state index in [1.54, 1.807) is 19.2 Å². The number of hydrogen-bond acceptors (Lipinski definition) is 5. The summed E-state index contributed by atoms with van der Waals surface area (Å²) in [5, 5.41) is 0. The van der Waals surface area contributed by atoms with Gasteiger partial charge >= 0.3 is 0 Å². The average Bonchev–Trinajstić information content (AvgIpc) is 3.39. The van der Waals surface area contributed by atoms with Crippen LogP contribution in [0.2, 0.25) is 0 Å². The molecule has 192 valence electrons. The van der Waals surface area contributed by atoms with E-state index in [1.807, 2.05) is 36.9 Å². The Bertz CT molecular complexity index is 1120. The highest BCUT2D eigenvalue weighted by Crippen LogP contribution is 2.47. The molecule has 3 aliphatic rings. The second kappa shape index (κ2) is 10.2. The van der Waals surface area contributed by atoms with Gasteiger partial charge < -0.3 is 19.1 Å². The zero-order chi connectivity index (χ0) is 25.3. The van der Waals surface area contributed by atoms with Crippen molar-refractivity contribution in [3.05, 3.63) is 59.2 Å². The van der Waals surface area contributed by atoms with Gasteiger partial charge in [0.15, 0.2) is 11.5 Å². The number of carbonyl (C=O) groups is 1. The Hall–Kier alpha value is -2.99. The van der Waals surface area contributed by atoms with Crippen LogP contribution >= 0.6 is 0 Å². The molecule has 1 atom stereocenters. The maximum Gasteiger partial charge on any atom is 0.254 e. The molecule has 2 aromatic rings. The Labute approximate surface area is 214 Å². The fourth-order valence-electron chi connectivity index (χ4n) is 5.65. The topological polar surface area (TPSA) is 51.2 Å². The first-order valence-corrected chi connectivity index (χ1v) is 13.2. The normalized spacial score (nSPS) is 21.3. The molecule has 0 aromatic heterocycles. The van der Waals surface area contributed by atoms with E-state index in [1.165, 1.54) is 25.7 Å². The third-order valence-electron chi connectivity index (χ3n) is 7.53. The number of hydrogen-bond donors (Lipinski definition) is 0. The van der Waals surface area contributed by atoms with Gasteiger partial charge in [-0.05, 0) is 56.8 Å². The largest absolute Gasteiger partial charge is 0.493 e. The van der Waals surface area contributed by atoms with Crippen molar-refractivity contribution in [3.8, 4) is 17.2 Å². The first kappa shape index (κ1) is 24.7. The minimum absolute atomic E-state index is 0.00863. The summed E-state index contributed by atoms with van der Waals surface area (Å²) < 4.78 is 17.5. The number of methoxy groups -OCH3 is 1. The van der Waals surface area contributed by atoms with E-state index in [-0.39, 0.29) is 5.91 Å². The molecule has 2 heterocycles. The van der Waals surface area contributed by atoms with Crippen molar-refractivity contribution in [1.29, 1.82) is 0 Å². The van der Waals surface area contributed by atoms with Crippen molar-refractivity contribution >= 4 is 12.0 Å². The molecule has 0 unspecified atom stereocenters. The quantitative estimate of drug-likeness (QED) is 0.471. The number of carbonyl (C=O) groups excluding carboxylic acids is 1. The summed E-state index contributed by atoms with van der Waals surface area (Å²) in [4.78, 5) is 18.7. The summed E-state index contributed by atoms with van der Waals surface area (Å²) in [5.41, 5.74) is 2.86. The van der Waals surface area contributed by atoms with Crippen LogP contribution in [-0.2, 0) is 0 Å². The van der Waals surface area contributed by atoms with Crippen molar-refractivity contribution in [1.82, 2.24) is 9.80 Å². The number of amides is 1. The molecule has 1 aliphatic carbocycles. The van der Waals surface area contributed by atoms with E-state index in [2.05, 4.69) is 30.0 Å². The molecule has 0 spiro atoms. The highest BCUT2D eigenvalue weighted by atomic mass is 16.7. The molecule has 1 amide bonds. The maximum absolute atomic E-state index is 14.0. The summed E-state index contributed by atoms with van der Waals surface area (Å²) in [7, 11) is 1.60. The van der Waals surface area contributed by atoms with Crippen LogP contribution in [0.5, 0.6) is 17.2 Å². The van der Waals surface area contributed by atoms with E-state index in [0.29, 0.717) is 41.4 Å². The predicted molar refractivity (Wildman–Crippen MR) is 142 cm³/mol. The molecule has 36 heavy (non-hydrogen) atoms. The predicted octanol–water partition coefficient (Wildman–Crippen LogP) is 5.77. The third-order valence-corrected chi connectivity index (χ3v) is 7.53. The molecule has 2 aromatic carbocycles. The first-order valence-electron chi connectivity index (χ1n) is 13.2. The Balaban J connectivity index is 1.43. The Morgan fingerprint density at radius 2 is 1.92 bits per heavy atom. The second-order valence-corrected chi connectivity index (χ2v) is 10.8. The number of benzene rings is 2. The minimum atomic E-state index is -0.793. The van der Waals surface area contributed by atoms with Gasteiger partial charge in [-0.1, -0.05) is 48.4 Å². The van der Waals surface area contributed by atoms with Gasteiger partial charge in [0.2, 0.25) is 11.5 Å². The number of likely N-dealkylation sites (tertiary alicyclic amines) is 1. The highest BCUT2D eigenvalue weighted by molar-refractivity contribution is 5.96. The number of nitrogens with zero attached hydrogens (tertiary/aromatic N) is 2. The molecule has 1 saturated carbocycles. The number of fused-ring (bicyclic) bond motifs is 1. The van der Waals surface area contributed by atoms with Crippen molar-refractivity contribution in [3.63, 3.8) is 0 Å². The van der Waals surface area contributed by atoms with Gasteiger partial charge in [0.05, 0.1) is 7.11 Å². The summed E-state index contributed by atoms with van der Waals surface area (Å²) in [6, 6.07) is 15.0. The fraction of sp³-hybridized carbons (Fsp3) is 0.500. The van der Waals surface area contributed by atoms with Gasteiger partial charge in [0.1, 0.15) is 0 Å². The molecule has 0 N–H and O–H groups in total. The van der Waals surface area contributed by atoms with Crippen LogP contribution in [0.15, 0.2) is 48.0 Å². The fourth-order valence-corrected chi connectivity index (χ4v) is 5.65. The van der Waals surface area contributed by atoms with Crippen LogP contribution in [0.25, 0.3) is 6.08 Å². The molecular weight excluding hydrogens is 452 g/mol. The second-order valence-electron chi connectivity index (χ2n) is 10.8. The maximum atomic E-state index is 14.0. The smallest absolute Gasteiger partial charge is 0.254 e. The van der Waals surface area contributed by atoms with E-state index >= 15 is 0 Å². The first-order chi connectivity index (χ1) is 17.3. The van der Waals surface area contributed by atoms with Crippen molar-refractivity contribution in [2.75, 3.05) is 26.7 Å². The van der Waals surface area contributed by atoms with Gasteiger partial charge in [-0.15, -0.1) is 0 Å². The van der Waals surface area contributed by atoms with Crippen LogP contribution in [0, 0.1) is 0 Å². The van der Waals surface area contributed by atoms with E-state index in [9.17, 15) is 4.79 Å². The monoisotopic (exact) mass is 490 g/mol. The minimum Gasteiger partial charge on any atom is -0.493 e. The summed E-state index contributed by atoms with van der Waals surface area (Å²) in [5.74, 6) is 0.827. The SMILES string of the molecule is COc1cc(C(=O)N(CC(C)=Cc2ccccc2)C[C@@H]2CCCN2C2CCC2)cc2c1OC(C)(C)O2. The zero-order valence-corrected chi connectivity index (χ0v) is 22.0. The van der Waals surface area contributed by atoms with Gasteiger partial charge in [0, 0.05) is 44.6 Å². The Morgan fingerprint density at radius 3 is 2.61 bits per heavy atom. The van der Waals surface area contributed by atoms with Crippen molar-refractivity contribution < 1.29 is 19.0 Å². The van der Waals surface area contributed by atoms with Gasteiger partial charge in [-0.25, -0.2) is 0 Å². The van der Waals surface area contributed by atoms with Gasteiger partial charge in [-0.2, -0.15) is 0 Å². The summed E-state index contributed by atoms with van der Waals surface area (Å²) >= 11 is 0. The molecule has 6 heteroatoms. The molecule has 0 bridgehead atoms. The van der Waals surface area contributed by atoms with Crippen LogP contribution in [0.3, 0.4) is 0 Å². The van der Waals surface area contributed by atoms with E-state index < -0.39 is 5.79 Å².